The van der Waals surface area contributed by atoms with Crippen LogP contribution < -0.4 is 0 Å². The molecule has 0 bridgehead atoms. The van der Waals surface area contributed by atoms with Gasteiger partial charge in [0.25, 0.3) is 0 Å². The van der Waals surface area contributed by atoms with E-state index in [0.29, 0.717) is 6.42 Å². The van der Waals surface area contributed by atoms with Crippen molar-refractivity contribution in [3.8, 4) is 0 Å². The van der Waals surface area contributed by atoms with Crippen LogP contribution in [0.1, 0.15) is 156 Å². The molecule has 0 atom stereocenters. The lowest BCUT2D eigenvalue weighted by molar-refractivity contribution is -0.147. The average Bonchev–Trinajstić information content (AvgIpc) is 2.66. The van der Waals surface area contributed by atoms with Crippen molar-refractivity contribution in [2.75, 3.05) is 0 Å². The first kappa shape index (κ1) is 27.5. The standard InChI is InChI=1S/C26H52O2/c1-4-5-6-7-8-9-10-11-12-13-14-15-16-17-18-19-20-21-22-23-24-26(27)28-25(2)3/h25H,4-24H2,1-3H3. The maximum Gasteiger partial charge on any atom is 0.306 e. The van der Waals surface area contributed by atoms with Crippen LogP contribution in [-0.2, 0) is 9.53 Å². The van der Waals surface area contributed by atoms with Gasteiger partial charge in [-0.3, -0.25) is 4.79 Å². The molecule has 168 valence electrons. The fourth-order valence-electron chi connectivity index (χ4n) is 3.85. The minimum atomic E-state index is -0.0302. The van der Waals surface area contributed by atoms with Crippen LogP contribution in [0.15, 0.2) is 0 Å². The van der Waals surface area contributed by atoms with Gasteiger partial charge in [-0.05, 0) is 20.3 Å². The third-order valence-corrected chi connectivity index (χ3v) is 5.60. The summed E-state index contributed by atoms with van der Waals surface area (Å²) < 4.78 is 5.15. The normalized spacial score (nSPS) is 11.3. The lowest BCUT2D eigenvalue weighted by Gasteiger charge is -2.07. The molecule has 0 saturated heterocycles. The molecule has 28 heavy (non-hydrogen) atoms. The number of ether oxygens (including phenoxy) is 1. The zero-order chi connectivity index (χ0) is 20.7. The van der Waals surface area contributed by atoms with Gasteiger partial charge in [-0.25, -0.2) is 0 Å². The highest BCUT2D eigenvalue weighted by molar-refractivity contribution is 5.69. The van der Waals surface area contributed by atoms with Gasteiger partial charge >= 0.3 is 5.97 Å². The van der Waals surface area contributed by atoms with E-state index in [1.54, 1.807) is 0 Å². The molecule has 0 N–H and O–H groups in total. The summed E-state index contributed by atoms with van der Waals surface area (Å²) in [5, 5.41) is 0. The van der Waals surface area contributed by atoms with Crippen LogP contribution in [-0.4, -0.2) is 12.1 Å². The fourth-order valence-corrected chi connectivity index (χ4v) is 3.85. The highest BCUT2D eigenvalue weighted by atomic mass is 16.5. The second kappa shape index (κ2) is 22.8. The maximum atomic E-state index is 11.4. The minimum Gasteiger partial charge on any atom is -0.463 e. The first-order valence-electron chi connectivity index (χ1n) is 12.9. The molecule has 0 heterocycles. The molecule has 0 aromatic rings. The monoisotopic (exact) mass is 396 g/mol. The molecule has 0 aromatic heterocycles. The van der Waals surface area contributed by atoms with Crippen LogP contribution in [0.2, 0.25) is 0 Å². The Balaban J connectivity index is 3.06. The van der Waals surface area contributed by atoms with Gasteiger partial charge in [-0.15, -0.1) is 0 Å². The first-order valence-corrected chi connectivity index (χ1v) is 12.9. The van der Waals surface area contributed by atoms with E-state index in [-0.39, 0.29) is 12.1 Å². The third kappa shape index (κ3) is 23.5. The Morgan fingerprint density at radius 1 is 0.536 bits per heavy atom. The Kier molecular flexibility index (Phi) is 22.3. The summed E-state index contributed by atoms with van der Waals surface area (Å²) in [4.78, 5) is 11.4. The number of unbranched alkanes of at least 4 members (excludes halogenated alkanes) is 19. The molecule has 0 radical (unpaired) electrons. The highest BCUT2D eigenvalue weighted by Crippen LogP contribution is 2.15. The van der Waals surface area contributed by atoms with Gasteiger partial charge < -0.3 is 4.74 Å². The first-order chi connectivity index (χ1) is 13.7. The summed E-state index contributed by atoms with van der Waals surface area (Å²) in [7, 11) is 0. The number of rotatable bonds is 22. The number of hydrogen-bond donors (Lipinski definition) is 0. The van der Waals surface area contributed by atoms with Crippen molar-refractivity contribution < 1.29 is 9.53 Å². The zero-order valence-electron chi connectivity index (χ0n) is 19.7. The molecule has 0 amide bonds. The van der Waals surface area contributed by atoms with E-state index >= 15 is 0 Å². The van der Waals surface area contributed by atoms with Crippen LogP contribution in [0.3, 0.4) is 0 Å². The summed E-state index contributed by atoms with van der Waals surface area (Å²) >= 11 is 0. The summed E-state index contributed by atoms with van der Waals surface area (Å²) in [6, 6.07) is 0. The highest BCUT2D eigenvalue weighted by Gasteiger charge is 2.04. The average molecular weight is 397 g/mol. The third-order valence-electron chi connectivity index (χ3n) is 5.60. The van der Waals surface area contributed by atoms with E-state index in [0.717, 1.165) is 6.42 Å². The topological polar surface area (TPSA) is 26.3 Å². The van der Waals surface area contributed by atoms with Gasteiger partial charge in [0.2, 0.25) is 0 Å². The Morgan fingerprint density at radius 3 is 1.11 bits per heavy atom. The predicted molar refractivity (Wildman–Crippen MR) is 124 cm³/mol. The summed E-state index contributed by atoms with van der Waals surface area (Å²) in [6.07, 6.45) is 28.3. The van der Waals surface area contributed by atoms with Crippen LogP contribution in [0.5, 0.6) is 0 Å². The van der Waals surface area contributed by atoms with Gasteiger partial charge in [0.05, 0.1) is 6.10 Å². The van der Waals surface area contributed by atoms with Gasteiger partial charge in [-0.1, -0.05) is 129 Å². The fraction of sp³-hybridized carbons (Fsp3) is 0.962. The van der Waals surface area contributed by atoms with Gasteiger partial charge in [0.1, 0.15) is 0 Å². The van der Waals surface area contributed by atoms with Crippen molar-refractivity contribution in [1.29, 1.82) is 0 Å². The second-order valence-electron chi connectivity index (χ2n) is 9.01. The smallest absolute Gasteiger partial charge is 0.306 e. The van der Waals surface area contributed by atoms with Crippen molar-refractivity contribution in [2.24, 2.45) is 0 Å². The second-order valence-corrected chi connectivity index (χ2v) is 9.01. The van der Waals surface area contributed by atoms with E-state index in [1.165, 1.54) is 122 Å². The lowest BCUT2D eigenvalue weighted by atomic mass is 10.0. The van der Waals surface area contributed by atoms with Crippen molar-refractivity contribution in [3.05, 3.63) is 0 Å². The van der Waals surface area contributed by atoms with Crippen LogP contribution >= 0.6 is 0 Å². The van der Waals surface area contributed by atoms with Gasteiger partial charge in [0.15, 0.2) is 0 Å². The Bertz CT molecular complexity index is 312. The largest absolute Gasteiger partial charge is 0.463 e. The molecule has 2 heteroatoms. The maximum absolute atomic E-state index is 11.4. The van der Waals surface area contributed by atoms with Crippen LogP contribution in [0.4, 0.5) is 0 Å². The molecule has 0 aliphatic rings. The summed E-state index contributed by atoms with van der Waals surface area (Å²) in [6.45, 7) is 6.11. The van der Waals surface area contributed by atoms with Crippen molar-refractivity contribution in [1.82, 2.24) is 0 Å². The molecule has 0 aliphatic heterocycles. The van der Waals surface area contributed by atoms with Crippen molar-refractivity contribution >= 4 is 5.97 Å². The predicted octanol–water partition coefficient (Wildman–Crippen LogP) is 9.15. The Hall–Kier alpha value is -0.530. The van der Waals surface area contributed by atoms with E-state index in [2.05, 4.69) is 6.92 Å². The van der Waals surface area contributed by atoms with Crippen molar-refractivity contribution in [2.45, 2.75) is 162 Å². The molecule has 0 unspecified atom stereocenters. The molecule has 0 fully saturated rings. The molecule has 0 aliphatic carbocycles. The van der Waals surface area contributed by atoms with E-state index in [9.17, 15) is 4.79 Å². The number of carbonyl (C=O) groups is 1. The summed E-state index contributed by atoms with van der Waals surface area (Å²) in [5.74, 6) is -0.0302. The minimum absolute atomic E-state index is 0.0256. The molecule has 0 spiro atoms. The van der Waals surface area contributed by atoms with E-state index in [4.69, 9.17) is 4.74 Å². The number of esters is 1. The Morgan fingerprint density at radius 2 is 0.821 bits per heavy atom. The quantitative estimate of drug-likeness (QED) is 0.135. The van der Waals surface area contributed by atoms with Crippen LogP contribution in [0, 0.1) is 0 Å². The number of hydrogen-bond acceptors (Lipinski definition) is 2. The Labute approximate surface area is 177 Å². The van der Waals surface area contributed by atoms with Crippen molar-refractivity contribution in [3.63, 3.8) is 0 Å². The van der Waals surface area contributed by atoms with Gasteiger partial charge in [0, 0.05) is 6.42 Å². The molecule has 0 saturated carbocycles. The van der Waals surface area contributed by atoms with E-state index < -0.39 is 0 Å². The zero-order valence-corrected chi connectivity index (χ0v) is 19.7. The van der Waals surface area contributed by atoms with E-state index in [1.807, 2.05) is 13.8 Å². The molecule has 2 nitrogen and oxygen atoms in total. The lowest BCUT2D eigenvalue weighted by Crippen LogP contribution is -2.10. The molecule has 0 rings (SSSR count). The number of carbonyl (C=O) groups excluding carboxylic acids is 1. The van der Waals surface area contributed by atoms with Crippen LogP contribution in [0.25, 0.3) is 0 Å². The molecular weight excluding hydrogens is 344 g/mol. The SMILES string of the molecule is CCCCCCCCCCCCCCCCCCCCCCC(=O)OC(C)C. The van der Waals surface area contributed by atoms with Gasteiger partial charge in [-0.2, -0.15) is 0 Å². The molecule has 0 aromatic carbocycles. The molecular formula is C26H52O2. The summed E-state index contributed by atoms with van der Waals surface area (Å²) in [5.41, 5.74) is 0.